The Hall–Kier alpha value is -0.600. The molecule has 0 saturated carbocycles. The van der Waals surface area contributed by atoms with E-state index in [1.54, 1.807) is 6.07 Å². The van der Waals surface area contributed by atoms with Gasteiger partial charge < -0.3 is 5.32 Å². The molecular formula is C9H11ClFN. The minimum atomic E-state index is -0.365. The normalized spacial score (nSPS) is 13.0. The van der Waals surface area contributed by atoms with Crippen molar-refractivity contribution in [2.45, 2.75) is 13.0 Å². The van der Waals surface area contributed by atoms with Gasteiger partial charge in [0.2, 0.25) is 0 Å². The standard InChI is InChI=1S/C9H11ClFN/c1-6(12-2)7-3-4-8(10)9(11)5-7/h3-6,12H,1-2H3/t6-/m1/s1. The summed E-state index contributed by atoms with van der Waals surface area (Å²) in [6.07, 6.45) is 0. The smallest absolute Gasteiger partial charge is 0.142 e. The first-order valence-electron chi connectivity index (χ1n) is 3.77. The van der Waals surface area contributed by atoms with Crippen molar-refractivity contribution in [2.24, 2.45) is 0 Å². The van der Waals surface area contributed by atoms with Crippen LogP contribution in [0.2, 0.25) is 5.02 Å². The highest BCUT2D eigenvalue weighted by Gasteiger charge is 2.05. The molecule has 0 unspecified atom stereocenters. The van der Waals surface area contributed by atoms with Gasteiger partial charge in [0.1, 0.15) is 5.82 Å². The van der Waals surface area contributed by atoms with E-state index >= 15 is 0 Å². The molecule has 0 radical (unpaired) electrons. The predicted molar refractivity (Wildman–Crippen MR) is 48.9 cm³/mol. The van der Waals surface area contributed by atoms with Crippen LogP contribution in [0.3, 0.4) is 0 Å². The van der Waals surface area contributed by atoms with Gasteiger partial charge >= 0.3 is 0 Å². The fraction of sp³-hybridized carbons (Fsp3) is 0.333. The lowest BCUT2D eigenvalue weighted by Gasteiger charge is -2.10. The summed E-state index contributed by atoms with van der Waals surface area (Å²) in [5.41, 5.74) is 0.902. The Morgan fingerprint density at radius 2 is 2.17 bits per heavy atom. The number of hydrogen-bond donors (Lipinski definition) is 1. The van der Waals surface area contributed by atoms with Gasteiger partial charge in [-0.05, 0) is 31.7 Å². The summed E-state index contributed by atoms with van der Waals surface area (Å²) in [4.78, 5) is 0. The third-order valence-corrected chi connectivity index (χ3v) is 2.18. The van der Waals surface area contributed by atoms with Gasteiger partial charge in [0.15, 0.2) is 0 Å². The third-order valence-electron chi connectivity index (χ3n) is 1.88. The minimum absolute atomic E-state index is 0.150. The van der Waals surface area contributed by atoms with Crippen LogP contribution in [0.25, 0.3) is 0 Å². The summed E-state index contributed by atoms with van der Waals surface area (Å²) < 4.78 is 12.9. The van der Waals surface area contributed by atoms with Crippen molar-refractivity contribution >= 4 is 11.6 Å². The highest BCUT2D eigenvalue weighted by atomic mass is 35.5. The zero-order valence-electron chi connectivity index (χ0n) is 7.07. The van der Waals surface area contributed by atoms with Crippen LogP contribution in [-0.2, 0) is 0 Å². The topological polar surface area (TPSA) is 12.0 Å². The van der Waals surface area contributed by atoms with Crippen molar-refractivity contribution in [1.29, 1.82) is 0 Å². The second-order valence-electron chi connectivity index (χ2n) is 2.68. The first-order chi connectivity index (χ1) is 5.65. The molecule has 3 heteroatoms. The summed E-state index contributed by atoms with van der Waals surface area (Å²) in [7, 11) is 1.83. The van der Waals surface area contributed by atoms with Crippen LogP contribution in [0, 0.1) is 5.82 Å². The van der Waals surface area contributed by atoms with Gasteiger partial charge in [-0.2, -0.15) is 0 Å². The molecule has 1 aromatic rings. The monoisotopic (exact) mass is 187 g/mol. The molecule has 0 aliphatic rings. The molecule has 0 fully saturated rings. The predicted octanol–water partition coefficient (Wildman–Crippen LogP) is 2.76. The van der Waals surface area contributed by atoms with Crippen LogP contribution < -0.4 is 5.32 Å². The lowest BCUT2D eigenvalue weighted by atomic mass is 10.1. The zero-order valence-corrected chi connectivity index (χ0v) is 7.82. The highest BCUT2D eigenvalue weighted by Crippen LogP contribution is 2.19. The molecule has 0 amide bonds. The lowest BCUT2D eigenvalue weighted by Crippen LogP contribution is -2.12. The number of benzene rings is 1. The van der Waals surface area contributed by atoms with Crippen molar-refractivity contribution < 1.29 is 4.39 Å². The van der Waals surface area contributed by atoms with Crippen LogP contribution >= 0.6 is 11.6 Å². The number of nitrogens with one attached hydrogen (secondary N) is 1. The van der Waals surface area contributed by atoms with Crippen LogP contribution in [0.4, 0.5) is 4.39 Å². The Morgan fingerprint density at radius 1 is 1.50 bits per heavy atom. The largest absolute Gasteiger partial charge is 0.313 e. The summed E-state index contributed by atoms with van der Waals surface area (Å²) in [5, 5.41) is 3.19. The van der Waals surface area contributed by atoms with E-state index < -0.39 is 0 Å². The van der Waals surface area contributed by atoms with Gasteiger partial charge in [-0.15, -0.1) is 0 Å². The molecule has 0 bridgehead atoms. The summed E-state index contributed by atoms with van der Waals surface area (Å²) in [6.45, 7) is 1.96. The quantitative estimate of drug-likeness (QED) is 0.751. The fourth-order valence-electron chi connectivity index (χ4n) is 0.948. The first-order valence-corrected chi connectivity index (χ1v) is 4.15. The van der Waals surface area contributed by atoms with Crippen molar-refractivity contribution in [3.8, 4) is 0 Å². The second kappa shape index (κ2) is 3.87. The average molecular weight is 188 g/mol. The summed E-state index contributed by atoms with van der Waals surface area (Å²) >= 11 is 5.53. The van der Waals surface area contributed by atoms with Gasteiger partial charge in [0.25, 0.3) is 0 Å². The second-order valence-corrected chi connectivity index (χ2v) is 3.09. The van der Waals surface area contributed by atoms with Crippen LogP contribution in [0.1, 0.15) is 18.5 Å². The van der Waals surface area contributed by atoms with Crippen molar-refractivity contribution in [3.05, 3.63) is 34.6 Å². The zero-order chi connectivity index (χ0) is 9.14. The van der Waals surface area contributed by atoms with E-state index in [0.717, 1.165) is 5.56 Å². The van der Waals surface area contributed by atoms with Gasteiger partial charge in [0.05, 0.1) is 5.02 Å². The molecule has 1 rings (SSSR count). The molecule has 0 aliphatic heterocycles. The van der Waals surface area contributed by atoms with Crippen LogP contribution in [0.15, 0.2) is 18.2 Å². The van der Waals surface area contributed by atoms with Gasteiger partial charge in [-0.25, -0.2) is 4.39 Å². The van der Waals surface area contributed by atoms with E-state index in [0.29, 0.717) is 0 Å². The maximum Gasteiger partial charge on any atom is 0.142 e. The summed E-state index contributed by atoms with van der Waals surface area (Å²) in [6, 6.07) is 4.98. The molecule has 1 aromatic carbocycles. The molecule has 0 saturated heterocycles. The van der Waals surface area contributed by atoms with Gasteiger partial charge in [-0.1, -0.05) is 17.7 Å². The molecule has 1 nitrogen and oxygen atoms in total. The van der Waals surface area contributed by atoms with E-state index in [1.807, 2.05) is 20.0 Å². The van der Waals surface area contributed by atoms with Gasteiger partial charge in [0, 0.05) is 6.04 Å². The Morgan fingerprint density at radius 3 is 2.67 bits per heavy atom. The maximum atomic E-state index is 12.9. The van der Waals surface area contributed by atoms with E-state index in [2.05, 4.69) is 5.32 Å². The molecule has 1 N–H and O–H groups in total. The molecular weight excluding hydrogens is 177 g/mol. The molecule has 12 heavy (non-hydrogen) atoms. The van der Waals surface area contributed by atoms with E-state index in [4.69, 9.17) is 11.6 Å². The first kappa shape index (κ1) is 9.49. The van der Waals surface area contributed by atoms with E-state index in [9.17, 15) is 4.39 Å². The molecule has 0 spiro atoms. The van der Waals surface area contributed by atoms with Crippen LogP contribution in [0.5, 0.6) is 0 Å². The molecule has 0 aromatic heterocycles. The lowest BCUT2D eigenvalue weighted by molar-refractivity contribution is 0.609. The van der Waals surface area contributed by atoms with Crippen molar-refractivity contribution in [3.63, 3.8) is 0 Å². The number of rotatable bonds is 2. The Labute approximate surface area is 76.5 Å². The minimum Gasteiger partial charge on any atom is -0.313 e. The fourth-order valence-corrected chi connectivity index (χ4v) is 1.07. The summed E-state index contributed by atoms with van der Waals surface area (Å²) in [5.74, 6) is -0.365. The third kappa shape index (κ3) is 1.96. The number of hydrogen-bond acceptors (Lipinski definition) is 1. The van der Waals surface area contributed by atoms with E-state index in [1.165, 1.54) is 6.07 Å². The molecule has 0 heterocycles. The molecule has 66 valence electrons. The highest BCUT2D eigenvalue weighted by molar-refractivity contribution is 6.30. The average Bonchev–Trinajstić information content (AvgIpc) is 2.08. The van der Waals surface area contributed by atoms with Crippen molar-refractivity contribution in [1.82, 2.24) is 5.32 Å². The Bertz CT molecular complexity index is 275. The molecule has 1 atom stereocenters. The maximum absolute atomic E-state index is 12.9. The van der Waals surface area contributed by atoms with Crippen molar-refractivity contribution in [2.75, 3.05) is 7.05 Å². The Kier molecular flexibility index (Phi) is 3.06. The molecule has 0 aliphatic carbocycles. The van der Waals surface area contributed by atoms with Crippen LogP contribution in [-0.4, -0.2) is 7.05 Å². The SMILES string of the molecule is CN[C@H](C)c1ccc(Cl)c(F)c1. The van der Waals surface area contributed by atoms with Gasteiger partial charge in [-0.3, -0.25) is 0 Å². The number of halogens is 2. The van der Waals surface area contributed by atoms with E-state index in [-0.39, 0.29) is 16.9 Å². The Balaban J connectivity index is 2.96.